The van der Waals surface area contributed by atoms with Gasteiger partial charge in [-0.3, -0.25) is 4.79 Å². The lowest BCUT2D eigenvalue weighted by molar-refractivity contribution is 0.0222. The highest BCUT2D eigenvalue weighted by molar-refractivity contribution is 5.97. The highest BCUT2D eigenvalue weighted by Crippen LogP contribution is 2.35. The molecule has 0 bridgehead atoms. The highest BCUT2D eigenvalue weighted by Gasteiger charge is 2.28. The van der Waals surface area contributed by atoms with E-state index in [1.54, 1.807) is 30.1 Å². The molecule has 1 N–H and O–H groups in total. The Bertz CT molecular complexity index is 1340. The van der Waals surface area contributed by atoms with Crippen LogP contribution < -0.4 is 5.32 Å². The predicted molar refractivity (Wildman–Crippen MR) is 141 cm³/mol. The van der Waals surface area contributed by atoms with Crippen LogP contribution in [0.15, 0.2) is 24.4 Å². The summed E-state index contributed by atoms with van der Waals surface area (Å²) in [6.07, 6.45) is 6.48. The molecule has 0 unspecified atom stereocenters. The fraction of sp³-hybridized carbons (Fsp3) is 0.519. The van der Waals surface area contributed by atoms with Gasteiger partial charge in [0.2, 0.25) is 5.95 Å². The molecule has 5 rings (SSSR count). The van der Waals surface area contributed by atoms with E-state index in [0.717, 1.165) is 48.0 Å². The van der Waals surface area contributed by atoms with E-state index in [2.05, 4.69) is 14.9 Å². The van der Waals surface area contributed by atoms with Crippen molar-refractivity contribution in [3.63, 3.8) is 0 Å². The molecule has 37 heavy (non-hydrogen) atoms. The van der Waals surface area contributed by atoms with E-state index in [1.165, 1.54) is 0 Å². The lowest BCUT2D eigenvalue weighted by Gasteiger charge is -2.30. The number of hydrogen-bond acceptors (Lipinski definition) is 7. The third-order valence-electron chi connectivity index (χ3n) is 6.83. The second kappa shape index (κ2) is 9.64. The van der Waals surface area contributed by atoms with Crippen molar-refractivity contribution < 1.29 is 14.3 Å². The van der Waals surface area contributed by atoms with Gasteiger partial charge in [-0.15, -0.1) is 0 Å². The Labute approximate surface area is 217 Å². The quantitative estimate of drug-likeness (QED) is 0.549. The van der Waals surface area contributed by atoms with Crippen LogP contribution in [-0.2, 0) is 17.7 Å². The summed E-state index contributed by atoms with van der Waals surface area (Å²) < 4.78 is 7.62. The molecule has 1 aliphatic heterocycles. The van der Waals surface area contributed by atoms with Gasteiger partial charge in [0.1, 0.15) is 22.8 Å². The van der Waals surface area contributed by atoms with Crippen LogP contribution in [0, 0.1) is 0 Å². The van der Waals surface area contributed by atoms with Crippen LogP contribution in [0.4, 0.5) is 16.6 Å². The van der Waals surface area contributed by atoms with E-state index >= 15 is 0 Å². The van der Waals surface area contributed by atoms with E-state index in [-0.39, 0.29) is 18.0 Å². The Balaban J connectivity index is 1.38. The van der Waals surface area contributed by atoms with E-state index in [4.69, 9.17) is 14.7 Å². The predicted octanol–water partition coefficient (Wildman–Crippen LogP) is 4.68. The van der Waals surface area contributed by atoms with Gasteiger partial charge in [-0.1, -0.05) is 18.9 Å². The zero-order chi connectivity index (χ0) is 26.3. The molecule has 3 aromatic rings. The van der Waals surface area contributed by atoms with Gasteiger partial charge in [-0.25, -0.2) is 14.8 Å². The van der Waals surface area contributed by atoms with Crippen molar-refractivity contribution >= 4 is 34.8 Å². The number of carbonyl (C=O) groups is 2. The first kappa shape index (κ1) is 25.0. The molecule has 1 saturated carbocycles. The molecule has 1 aliphatic carbocycles. The molecule has 0 spiro atoms. The summed E-state index contributed by atoms with van der Waals surface area (Å²) in [5.74, 6) is 1.05. The second-order valence-electron chi connectivity index (χ2n) is 11.1. The van der Waals surface area contributed by atoms with Crippen molar-refractivity contribution in [1.29, 1.82) is 0 Å². The van der Waals surface area contributed by atoms with Crippen LogP contribution in [-0.4, -0.2) is 67.6 Å². The van der Waals surface area contributed by atoms with Gasteiger partial charge >= 0.3 is 6.09 Å². The van der Waals surface area contributed by atoms with Gasteiger partial charge in [-0.05, 0) is 51.3 Å². The van der Waals surface area contributed by atoms with E-state index in [9.17, 15) is 9.59 Å². The number of ether oxygens (including phenoxy) is 1. The van der Waals surface area contributed by atoms with E-state index in [1.807, 2.05) is 39.0 Å². The second-order valence-corrected chi connectivity index (χ2v) is 11.1. The van der Waals surface area contributed by atoms with Crippen LogP contribution in [0.25, 0.3) is 11.0 Å². The summed E-state index contributed by atoms with van der Waals surface area (Å²) in [5.41, 5.74) is 2.84. The number of rotatable bonds is 4. The summed E-state index contributed by atoms with van der Waals surface area (Å²) in [6, 6.07) is 6.01. The molecule has 10 heteroatoms. The van der Waals surface area contributed by atoms with E-state index < -0.39 is 5.60 Å². The maximum atomic E-state index is 12.9. The van der Waals surface area contributed by atoms with Gasteiger partial charge in [0, 0.05) is 50.4 Å². The molecular weight excluding hydrogens is 470 g/mol. The van der Waals surface area contributed by atoms with Crippen molar-refractivity contribution in [2.45, 2.75) is 71.1 Å². The number of fused-ring (bicyclic) bond motifs is 2. The molecule has 1 fully saturated rings. The van der Waals surface area contributed by atoms with Gasteiger partial charge < -0.3 is 24.4 Å². The summed E-state index contributed by atoms with van der Waals surface area (Å²) in [4.78, 5) is 42.8. The molecule has 10 nitrogen and oxygen atoms in total. The summed E-state index contributed by atoms with van der Waals surface area (Å²) in [6.45, 7) is 6.63. The standard InChI is InChI=1S/C27H35N7O3/c1-27(2,3)37-26(36)33-13-12-20-17(16-33)10-11-22(29-20)30-25-28-15-18-14-21(24(35)32(4)5)34(23(18)31-25)19-8-6-7-9-19/h10-11,14-15,19H,6-9,12-13,16H2,1-5H3,(H,28,29,30,31). The molecule has 0 radical (unpaired) electrons. The summed E-state index contributed by atoms with van der Waals surface area (Å²) in [5, 5.41) is 4.09. The maximum absolute atomic E-state index is 12.9. The molecule has 3 aromatic heterocycles. The number of pyridine rings is 1. The molecule has 196 valence electrons. The normalized spacial score (nSPS) is 16.1. The maximum Gasteiger partial charge on any atom is 0.410 e. The van der Waals surface area contributed by atoms with Crippen molar-refractivity contribution in [2.75, 3.05) is 26.0 Å². The SMILES string of the molecule is CN(C)C(=O)c1cc2cnc(Nc3ccc4c(n3)CCN(C(=O)OC(C)(C)C)C4)nc2n1C1CCCC1. The number of aromatic nitrogens is 4. The first-order valence-electron chi connectivity index (χ1n) is 12.9. The minimum Gasteiger partial charge on any atom is -0.444 e. The molecule has 0 saturated heterocycles. The largest absolute Gasteiger partial charge is 0.444 e. The molecule has 2 amide bonds. The number of amides is 2. The Morgan fingerprint density at radius 3 is 2.59 bits per heavy atom. The topological polar surface area (TPSA) is 105 Å². The monoisotopic (exact) mass is 505 g/mol. The van der Waals surface area contributed by atoms with Gasteiger partial charge in [-0.2, -0.15) is 4.98 Å². The van der Waals surface area contributed by atoms with Gasteiger partial charge in [0.15, 0.2) is 0 Å². The third-order valence-corrected chi connectivity index (χ3v) is 6.83. The number of hydrogen-bond donors (Lipinski definition) is 1. The van der Waals surface area contributed by atoms with Gasteiger partial charge in [0.05, 0.1) is 6.54 Å². The highest BCUT2D eigenvalue weighted by atomic mass is 16.6. The van der Waals surface area contributed by atoms with Gasteiger partial charge in [0.25, 0.3) is 5.91 Å². The fourth-order valence-corrected chi connectivity index (χ4v) is 5.08. The van der Waals surface area contributed by atoms with Crippen LogP contribution >= 0.6 is 0 Å². The Hall–Kier alpha value is -3.69. The average molecular weight is 506 g/mol. The first-order chi connectivity index (χ1) is 17.6. The fourth-order valence-electron chi connectivity index (χ4n) is 5.08. The first-order valence-corrected chi connectivity index (χ1v) is 12.9. The minimum absolute atomic E-state index is 0.0313. The number of anilines is 2. The van der Waals surface area contributed by atoms with Crippen molar-refractivity contribution in [2.24, 2.45) is 0 Å². The molecular formula is C27H35N7O3. The van der Waals surface area contributed by atoms with E-state index in [0.29, 0.717) is 37.0 Å². The van der Waals surface area contributed by atoms with Crippen LogP contribution in [0.1, 0.15) is 74.2 Å². The minimum atomic E-state index is -0.525. The Morgan fingerprint density at radius 2 is 1.89 bits per heavy atom. The van der Waals surface area contributed by atoms with Crippen LogP contribution in [0.5, 0.6) is 0 Å². The Morgan fingerprint density at radius 1 is 1.14 bits per heavy atom. The van der Waals surface area contributed by atoms with Crippen molar-refractivity contribution in [3.8, 4) is 0 Å². The molecule has 0 aromatic carbocycles. The summed E-state index contributed by atoms with van der Waals surface area (Å²) in [7, 11) is 3.54. The number of carbonyl (C=O) groups excluding carboxylic acids is 2. The molecule has 2 aliphatic rings. The average Bonchev–Trinajstić information content (AvgIpc) is 3.49. The lowest BCUT2D eigenvalue weighted by atomic mass is 10.1. The van der Waals surface area contributed by atoms with Crippen molar-refractivity contribution in [1.82, 2.24) is 29.3 Å². The number of nitrogens with zero attached hydrogens (tertiary/aromatic N) is 6. The third kappa shape index (κ3) is 5.23. The summed E-state index contributed by atoms with van der Waals surface area (Å²) >= 11 is 0. The molecule has 0 atom stereocenters. The van der Waals surface area contributed by atoms with Crippen LogP contribution in [0.2, 0.25) is 0 Å². The number of nitrogens with one attached hydrogen (secondary N) is 1. The van der Waals surface area contributed by atoms with Crippen molar-refractivity contribution in [3.05, 3.63) is 41.3 Å². The lowest BCUT2D eigenvalue weighted by Crippen LogP contribution is -2.40. The Kier molecular flexibility index (Phi) is 6.51. The smallest absolute Gasteiger partial charge is 0.410 e. The zero-order valence-electron chi connectivity index (χ0n) is 22.2. The zero-order valence-corrected chi connectivity index (χ0v) is 22.2. The molecule has 4 heterocycles. The van der Waals surface area contributed by atoms with Crippen LogP contribution in [0.3, 0.4) is 0 Å².